The Morgan fingerprint density at radius 1 is 1.42 bits per heavy atom. The third-order valence-corrected chi connectivity index (χ3v) is 3.00. The van der Waals surface area contributed by atoms with Gasteiger partial charge < -0.3 is 15.2 Å². The van der Waals surface area contributed by atoms with E-state index in [1.807, 2.05) is 0 Å². The minimum atomic E-state index is -4.17. The van der Waals surface area contributed by atoms with Crippen LogP contribution in [0.3, 0.4) is 0 Å². The molecule has 0 spiro atoms. The fourth-order valence-corrected chi connectivity index (χ4v) is 1.59. The molecule has 1 unspecified atom stereocenters. The van der Waals surface area contributed by atoms with Crippen LogP contribution in [0.2, 0.25) is 0 Å². The maximum atomic E-state index is 12.5. The van der Waals surface area contributed by atoms with Crippen molar-refractivity contribution >= 4 is 5.97 Å². The monoisotopic (exact) mass is 289 g/mol. The Kier molecular flexibility index (Phi) is 7.28. The topological polar surface area (TPSA) is 58.6 Å². The molecular formula is C11H19F4NO3. The van der Waals surface area contributed by atoms with Gasteiger partial charge in [-0.2, -0.15) is 8.78 Å². The number of nitrogens with one attached hydrogen (secondary N) is 1. The summed E-state index contributed by atoms with van der Waals surface area (Å²) in [5, 5.41) is 11.7. The lowest BCUT2D eigenvalue weighted by atomic mass is 9.91. The number of alkyl halides is 4. The number of halogens is 4. The highest BCUT2D eigenvalue weighted by atomic mass is 19.3. The number of carboxylic acid groups (broad SMARTS) is 1. The van der Waals surface area contributed by atoms with Crippen molar-refractivity contribution < 1.29 is 32.2 Å². The normalized spacial score (nSPS) is 15.5. The summed E-state index contributed by atoms with van der Waals surface area (Å²) < 4.78 is 53.1. The zero-order valence-corrected chi connectivity index (χ0v) is 10.9. The zero-order valence-electron chi connectivity index (χ0n) is 10.9. The first kappa shape index (κ1) is 18.1. The summed E-state index contributed by atoms with van der Waals surface area (Å²) in [7, 11) is 1.49. The lowest BCUT2D eigenvalue weighted by molar-refractivity contribution is -0.166. The number of carboxylic acids is 1. The first-order chi connectivity index (χ1) is 8.72. The molecule has 4 nitrogen and oxygen atoms in total. The summed E-state index contributed by atoms with van der Waals surface area (Å²) in [5.74, 6) is -5.21. The van der Waals surface area contributed by atoms with Gasteiger partial charge in [-0.3, -0.25) is 4.79 Å². The van der Waals surface area contributed by atoms with Crippen LogP contribution in [0, 0.1) is 0 Å². The smallest absolute Gasteiger partial charge is 0.330 e. The van der Waals surface area contributed by atoms with Gasteiger partial charge in [-0.15, -0.1) is 0 Å². The molecule has 0 heterocycles. The van der Waals surface area contributed by atoms with Crippen molar-refractivity contribution in [3.05, 3.63) is 0 Å². The van der Waals surface area contributed by atoms with E-state index in [2.05, 4.69) is 10.1 Å². The van der Waals surface area contributed by atoms with E-state index in [1.54, 1.807) is 6.92 Å². The minimum absolute atomic E-state index is 0.162. The summed E-state index contributed by atoms with van der Waals surface area (Å²) in [5.41, 5.74) is -1.14. The van der Waals surface area contributed by atoms with Gasteiger partial charge in [-0.1, -0.05) is 6.92 Å². The second kappa shape index (κ2) is 7.64. The van der Waals surface area contributed by atoms with E-state index in [4.69, 9.17) is 5.11 Å². The third kappa shape index (κ3) is 5.32. The molecule has 0 saturated carbocycles. The zero-order chi connectivity index (χ0) is 15.1. The Balaban J connectivity index is 4.07. The number of rotatable bonds is 10. The molecule has 0 amide bonds. The molecule has 0 aromatic rings. The largest absolute Gasteiger partial charge is 0.480 e. The van der Waals surface area contributed by atoms with E-state index in [-0.39, 0.29) is 19.4 Å². The first-order valence-corrected chi connectivity index (χ1v) is 5.88. The van der Waals surface area contributed by atoms with Gasteiger partial charge >= 0.3 is 18.3 Å². The van der Waals surface area contributed by atoms with Gasteiger partial charge in [0.2, 0.25) is 0 Å². The van der Waals surface area contributed by atoms with Crippen LogP contribution < -0.4 is 5.32 Å². The highest BCUT2D eigenvalue weighted by Gasteiger charge is 2.41. The lowest BCUT2D eigenvalue weighted by Gasteiger charge is -2.27. The van der Waals surface area contributed by atoms with Gasteiger partial charge in [0.25, 0.3) is 0 Å². The van der Waals surface area contributed by atoms with E-state index < -0.39 is 30.5 Å². The Bertz CT molecular complexity index is 283. The minimum Gasteiger partial charge on any atom is -0.480 e. The Morgan fingerprint density at radius 2 is 2.00 bits per heavy atom. The van der Waals surface area contributed by atoms with Crippen molar-refractivity contribution in [3.63, 3.8) is 0 Å². The van der Waals surface area contributed by atoms with Crippen molar-refractivity contribution in [2.24, 2.45) is 0 Å². The van der Waals surface area contributed by atoms with Crippen LogP contribution in [0.1, 0.15) is 26.2 Å². The molecule has 0 fully saturated rings. The maximum Gasteiger partial charge on any atom is 0.330 e. The van der Waals surface area contributed by atoms with Gasteiger partial charge in [-0.25, -0.2) is 8.78 Å². The first-order valence-electron chi connectivity index (χ1n) is 5.88. The second-order valence-electron chi connectivity index (χ2n) is 4.21. The van der Waals surface area contributed by atoms with E-state index in [0.29, 0.717) is 6.42 Å². The number of ether oxygens (including phenoxy) is 1. The lowest BCUT2D eigenvalue weighted by Crippen LogP contribution is -2.50. The molecule has 0 aliphatic carbocycles. The number of carbonyl (C=O) groups is 1. The van der Waals surface area contributed by atoms with Gasteiger partial charge in [0, 0.05) is 6.61 Å². The van der Waals surface area contributed by atoms with E-state index in [9.17, 15) is 22.4 Å². The molecule has 0 bridgehead atoms. The second-order valence-corrected chi connectivity index (χ2v) is 4.21. The highest BCUT2D eigenvalue weighted by Crippen LogP contribution is 2.23. The van der Waals surface area contributed by atoms with Crippen molar-refractivity contribution in [2.75, 3.05) is 20.3 Å². The summed E-state index contributed by atoms with van der Waals surface area (Å²) >= 11 is 0. The Morgan fingerprint density at radius 3 is 2.37 bits per heavy atom. The molecule has 0 radical (unpaired) electrons. The Hall–Kier alpha value is -0.890. The fourth-order valence-electron chi connectivity index (χ4n) is 1.59. The summed E-state index contributed by atoms with van der Waals surface area (Å²) in [6, 6.07) is 0. The predicted octanol–water partition coefficient (Wildman–Crippen LogP) is 2.14. The molecule has 114 valence electrons. The van der Waals surface area contributed by atoms with Gasteiger partial charge in [0.1, 0.15) is 12.1 Å². The molecule has 19 heavy (non-hydrogen) atoms. The number of aliphatic carboxylic acids is 1. The third-order valence-electron chi connectivity index (χ3n) is 3.00. The molecule has 0 saturated heterocycles. The molecule has 0 aromatic heterocycles. The molecule has 0 aliphatic rings. The van der Waals surface area contributed by atoms with Crippen LogP contribution in [-0.2, 0) is 9.53 Å². The number of hydrogen-bond acceptors (Lipinski definition) is 3. The molecule has 2 N–H and O–H groups in total. The van der Waals surface area contributed by atoms with Crippen LogP contribution in [-0.4, -0.2) is 49.2 Å². The summed E-state index contributed by atoms with van der Waals surface area (Å²) in [6.07, 6.45) is -3.11. The SMILES string of the molecule is CCC(CCCOCC(F)(F)C(F)F)(NC)C(=O)O. The molecule has 0 aromatic carbocycles. The average Bonchev–Trinajstić information content (AvgIpc) is 2.33. The molecule has 1 atom stereocenters. The van der Waals surface area contributed by atoms with Crippen LogP contribution in [0.15, 0.2) is 0 Å². The number of hydrogen-bond donors (Lipinski definition) is 2. The van der Waals surface area contributed by atoms with Crippen molar-refractivity contribution in [2.45, 2.75) is 44.1 Å². The van der Waals surface area contributed by atoms with E-state index in [1.165, 1.54) is 7.05 Å². The maximum absolute atomic E-state index is 12.5. The van der Waals surface area contributed by atoms with Crippen LogP contribution in [0.5, 0.6) is 0 Å². The fraction of sp³-hybridized carbons (Fsp3) is 0.909. The summed E-state index contributed by atoms with van der Waals surface area (Å²) in [6.45, 7) is 0.117. The molecular weight excluding hydrogens is 270 g/mol. The van der Waals surface area contributed by atoms with Gasteiger partial charge in [-0.05, 0) is 26.3 Å². The van der Waals surface area contributed by atoms with Crippen LogP contribution in [0.4, 0.5) is 17.6 Å². The highest BCUT2D eigenvalue weighted by molar-refractivity contribution is 5.78. The van der Waals surface area contributed by atoms with Gasteiger partial charge in [0.05, 0.1) is 0 Å². The van der Waals surface area contributed by atoms with Crippen molar-refractivity contribution in [3.8, 4) is 0 Å². The Labute approximate surface area is 109 Å². The quantitative estimate of drug-likeness (QED) is 0.478. The van der Waals surface area contributed by atoms with E-state index >= 15 is 0 Å². The summed E-state index contributed by atoms with van der Waals surface area (Å²) in [4.78, 5) is 11.1. The molecule has 8 heteroatoms. The van der Waals surface area contributed by atoms with Crippen molar-refractivity contribution in [1.82, 2.24) is 5.32 Å². The average molecular weight is 289 g/mol. The predicted molar refractivity (Wildman–Crippen MR) is 60.7 cm³/mol. The van der Waals surface area contributed by atoms with Crippen LogP contribution >= 0.6 is 0 Å². The standard InChI is InChI=1S/C11H19F4NO3/c1-3-10(16-2,9(17)18)5-4-6-19-7-11(14,15)8(12)13/h8,16H,3-7H2,1-2H3,(H,17,18). The number of likely N-dealkylation sites (N-methyl/N-ethyl adjacent to an activating group) is 1. The molecule has 0 aliphatic heterocycles. The van der Waals surface area contributed by atoms with E-state index in [0.717, 1.165) is 0 Å². The molecule has 0 rings (SSSR count). The van der Waals surface area contributed by atoms with Gasteiger partial charge in [0.15, 0.2) is 0 Å². The van der Waals surface area contributed by atoms with Crippen LogP contribution in [0.25, 0.3) is 0 Å². The van der Waals surface area contributed by atoms with Crippen molar-refractivity contribution in [1.29, 1.82) is 0 Å².